The monoisotopic (exact) mass is 534 g/mol. The lowest BCUT2D eigenvalue weighted by Crippen LogP contribution is -2.38. The van der Waals surface area contributed by atoms with E-state index in [1.165, 1.54) is 5.56 Å². The minimum atomic E-state index is -0.835. The zero-order valence-electron chi connectivity index (χ0n) is 21.7. The van der Waals surface area contributed by atoms with Gasteiger partial charge in [0.15, 0.2) is 11.4 Å². The number of aldehydes is 1. The van der Waals surface area contributed by atoms with Gasteiger partial charge in [-0.05, 0) is 47.8 Å². The quantitative estimate of drug-likeness (QED) is 0.305. The van der Waals surface area contributed by atoms with Crippen molar-refractivity contribution < 1.29 is 14.4 Å². The number of nitrogens with two attached hydrogens (primary N) is 1. The Hall–Kier alpha value is -3.45. The van der Waals surface area contributed by atoms with Crippen molar-refractivity contribution in [1.82, 2.24) is 14.9 Å². The molecule has 0 bridgehead atoms. The summed E-state index contributed by atoms with van der Waals surface area (Å²) in [5.74, 6) is 0.559. The molecule has 1 heterocycles. The van der Waals surface area contributed by atoms with Crippen molar-refractivity contribution >= 4 is 29.7 Å². The van der Waals surface area contributed by atoms with Gasteiger partial charge in [0, 0.05) is 19.4 Å². The summed E-state index contributed by atoms with van der Waals surface area (Å²) in [5, 5.41) is 3.09. The zero-order valence-corrected chi connectivity index (χ0v) is 22.5. The normalized spacial score (nSPS) is 17.7. The molecule has 1 aliphatic rings. The highest BCUT2D eigenvalue weighted by molar-refractivity contribution is 6.31. The van der Waals surface area contributed by atoms with E-state index < -0.39 is 11.9 Å². The molecule has 0 spiro atoms. The average Bonchev–Trinajstić information content (AvgIpc) is 3.50. The maximum Gasteiger partial charge on any atom is 0.244 e. The molecule has 1 saturated carbocycles. The number of nitrogens with one attached hydrogen (secondary N) is 1. The molecular formula is C30H35ClN4O3. The molecule has 3 unspecified atom stereocenters. The number of hydrogen-bond acceptors (Lipinski definition) is 4. The van der Waals surface area contributed by atoms with E-state index in [1.807, 2.05) is 22.8 Å². The second-order valence-corrected chi connectivity index (χ2v) is 10.4. The summed E-state index contributed by atoms with van der Waals surface area (Å²) < 4.78 is 1.91. The van der Waals surface area contributed by atoms with Crippen molar-refractivity contribution in [3.05, 3.63) is 88.0 Å². The molecule has 1 fully saturated rings. The minimum Gasteiger partial charge on any atom is -0.368 e. The molecule has 7 nitrogen and oxygen atoms in total. The van der Waals surface area contributed by atoms with E-state index in [0.29, 0.717) is 24.2 Å². The third-order valence-electron chi connectivity index (χ3n) is 7.48. The Morgan fingerprint density at radius 1 is 1.16 bits per heavy atom. The molecule has 4 rings (SSSR count). The van der Waals surface area contributed by atoms with Gasteiger partial charge in [0.05, 0.1) is 0 Å². The zero-order chi connectivity index (χ0) is 27.1. The Bertz CT molecular complexity index is 1260. The second kappa shape index (κ2) is 12.9. The number of carbonyl (C=O) groups excluding carboxylic acids is 3. The van der Waals surface area contributed by atoms with Gasteiger partial charge >= 0.3 is 0 Å². The molecule has 3 atom stereocenters. The van der Waals surface area contributed by atoms with Crippen LogP contribution in [0.3, 0.4) is 0 Å². The lowest BCUT2D eigenvalue weighted by molar-refractivity contribution is -0.128. The molecule has 200 valence electrons. The molecule has 0 aliphatic heterocycles. The van der Waals surface area contributed by atoms with Crippen LogP contribution in [0.4, 0.5) is 0 Å². The first-order chi connectivity index (χ1) is 18.4. The van der Waals surface area contributed by atoms with Crippen LogP contribution in [-0.2, 0) is 22.6 Å². The first-order valence-corrected chi connectivity index (χ1v) is 13.7. The van der Waals surface area contributed by atoms with E-state index in [4.69, 9.17) is 17.3 Å². The van der Waals surface area contributed by atoms with Gasteiger partial charge in [-0.3, -0.25) is 14.4 Å². The van der Waals surface area contributed by atoms with Crippen LogP contribution in [0, 0.1) is 5.92 Å². The number of hydrogen-bond donors (Lipinski definition) is 2. The Morgan fingerprint density at radius 2 is 1.89 bits per heavy atom. The van der Waals surface area contributed by atoms with Crippen molar-refractivity contribution in [2.24, 2.45) is 11.7 Å². The fourth-order valence-electron chi connectivity index (χ4n) is 5.49. The number of unbranched alkanes of at least 4 members (excludes halogenated alkanes) is 1. The summed E-state index contributed by atoms with van der Waals surface area (Å²) in [4.78, 5) is 41.0. The highest BCUT2D eigenvalue weighted by Gasteiger charge is 2.31. The van der Waals surface area contributed by atoms with Crippen LogP contribution in [0.1, 0.15) is 90.4 Å². The first-order valence-electron chi connectivity index (χ1n) is 13.3. The molecule has 0 saturated heterocycles. The highest BCUT2D eigenvalue weighted by Crippen LogP contribution is 2.41. The summed E-state index contributed by atoms with van der Waals surface area (Å²) in [6.07, 6.45) is 6.94. The molecule has 3 N–H and O–H groups in total. The first kappa shape index (κ1) is 27.6. The van der Waals surface area contributed by atoms with Crippen LogP contribution in [0.25, 0.3) is 0 Å². The number of rotatable bonds is 12. The fraction of sp³-hybridized carbons (Fsp3) is 0.400. The van der Waals surface area contributed by atoms with E-state index in [-0.39, 0.29) is 22.9 Å². The number of amides is 2. The van der Waals surface area contributed by atoms with E-state index >= 15 is 0 Å². The van der Waals surface area contributed by atoms with Gasteiger partial charge in [0.2, 0.25) is 11.8 Å². The summed E-state index contributed by atoms with van der Waals surface area (Å²) in [7, 11) is 0. The van der Waals surface area contributed by atoms with Crippen molar-refractivity contribution in [1.29, 1.82) is 0 Å². The molecule has 8 heteroatoms. The summed E-state index contributed by atoms with van der Waals surface area (Å²) in [5.41, 5.74) is 8.93. The van der Waals surface area contributed by atoms with Crippen molar-refractivity contribution in [3.63, 3.8) is 0 Å². The average molecular weight is 535 g/mol. The molecular weight excluding hydrogens is 500 g/mol. The summed E-state index contributed by atoms with van der Waals surface area (Å²) in [6, 6.07) is 16.6. The fourth-order valence-corrected chi connectivity index (χ4v) is 5.73. The lowest BCUT2D eigenvalue weighted by atomic mass is 9.86. The van der Waals surface area contributed by atoms with Gasteiger partial charge < -0.3 is 15.6 Å². The van der Waals surface area contributed by atoms with Crippen molar-refractivity contribution in [2.75, 3.05) is 0 Å². The Balaban J connectivity index is 1.43. The number of benzene rings is 2. The molecule has 38 heavy (non-hydrogen) atoms. The third-order valence-corrected chi connectivity index (χ3v) is 7.76. The molecule has 2 aromatic carbocycles. The van der Waals surface area contributed by atoms with Crippen LogP contribution in [-0.4, -0.2) is 27.7 Å². The van der Waals surface area contributed by atoms with Gasteiger partial charge in [-0.2, -0.15) is 0 Å². The van der Waals surface area contributed by atoms with Crippen LogP contribution in [0.5, 0.6) is 0 Å². The molecule has 3 aromatic rings. The smallest absolute Gasteiger partial charge is 0.244 e. The van der Waals surface area contributed by atoms with E-state index in [2.05, 4.69) is 41.5 Å². The SMILES string of the molecule is CCCCc1nc(Cl)c(C=O)n1Cc1ccc(C2CCCC2CC(=O)NC(C(N)=O)c2ccccc2)cc1. The summed E-state index contributed by atoms with van der Waals surface area (Å²) >= 11 is 6.23. The Morgan fingerprint density at radius 3 is 2.55 bits per heavy atom. The number of imidazole rings is 1. The van der Waals surface area contributed by atoms with Gasteiger partial charge in [0.25, 0.3) is 0 Å². The predicted octanol–water partition coefficient (Wildman–Crippen LogP) is 5.36. The summed E-state index contributed by atoms with van der Waals surface area (Å²) in [6.45, 7) is 2.64. The van der Waals surface area contributed by atoms with Gasteiger partial charge in [-0.15, -0.1) is 0 Å². The molecule has 2 amide bonds. The van der Waals surface area contributed by atoms with E-state index in [1.54, 1.807) is 12.1 Å². The lowest BCUT2D eigenvalue weighted by Gasteiger charge is -2.22. The van der Waals surface area contributed by atoms with Crippen LogP contribution < -0.4 is 11.1 Å². The molecule has 1 aliphatic carbocycles. The van der Waals surface area contributed by atoms with Gasteiger partial charge in [0.1, 0.15) is 17.6 Å². The maximum absolute atomic E-state index is 12.9. The number of nitrogens with zero attached hydrogens (tertiary/aromatic N) is 2. The largest absolute Gasteiger partial charge is 0.368 e. The number of carbonyl (C=O) groups is 3. The van der Waals surface area contributed by atoms with E-state index in [0.717, 1.165) is 56.2 Å². The molecule has 1 aromatic heterocycles. The second-order valence-electron chi connectivity index (χ2n) is 10.1. The highest BCUT2D eigenvalue weighted by atomic mass is 35.5. The molecule has 0 radical (unpaired) electrons. The van der Waals surface area contributed by atoms with Crippen LogP contribution in [0.15, 0.2) is 54.6 Å². The van der Waals surface area contributed by atoms with E-state index in [9.17, 15) is 14.4 Å². The number of aromatic nitrogens is 2. The van der Waals surface area contributed by atoms with Gasteiger partial charge in [-0.1, -0.05) is 86.0 Å². The Kier molecular flexibility index (Phi) is 9.34. The van der Waals surface area contributed by atoms with Crippen molar-refractivity contribution in [2.45, 2.75) is 70.4 Å². The Labute approximate surface area is 228 Å². The standard InChI is InChI=1S/C30H35ClN4O3/c1-2-3-12-26-33-29(31)25(19-36)35(26)18-20-13-15-21(16-14-20)24-11-7-10-23(24)17-27(37)34-28(30(32)38)22-8-5-4-6-9-22/h4-6,8-9,13-16,19,23-24,28H,2-3,7,10-12,17-18H2,1H3,(H2,32,38)(H,34,37). The van der Waals surface area contributed by atoms with Crippen LogP contribution >= 0.6 is 11.6 Å². The van der Waals surface area contributed by atoms with Crippen LogP contribution in [0.2, 0.25) is 5.15 Å². The third kappa shape index (κ3) is 6.51. The predicted molar refractivity (Wildman–Crippen MR) is 148 cm³/mol. The number of aryl methyl sites for hydroxylation is 1. The topological polar surface area (TPSA) is 107 Å². The number of halogens is 1. The maximum atomic E-state index is 12.9. The van der Waals surface area contributed by atoms with Crippen molar-refractivity contribution in [3.8, 4) is 0 Å². The minimum absolute atomic E-state index is 0.163. The van der Waals surface area contributed by atoms with Gasteiger partial charge in [-0.25, -0.2) is 4.98 Å². The number of primary amides is 1.